The maximum atomic E-state index is 12.8. The van der Waals surface area contributed by atoms with Gasteiger partial charge in [0.2, 0.25) is 10.0 Å². The Kier molecular flexibility index (Phi) is 7.13. The van der Waals surface area contributed by atoms with Crippen molar-refractivity contribution >= 4 is 50.5 Å². The summed E-state index contributed by atoms with van der Waals surface area (Å²) in [6, 6.07) is 5.47. The van der Waals surface area contributed by atoms with Crippen molar-refractivity contribution in [1.29, 1.82) is 0 Å². The second-order valence-corrected chi connectivity index (χ2v) is 9.28. The topological polar surface area (TPSA) is 108 Å². The molecule has 0 aliphatic heterocycles. The lowest BCUT2D eigenvalue weighted by atomic mass is 10.1. The summed E-state index contributed by atoms with van der Waals surface area (Å²) < 4.78 is 38.8. The van der Waals surface area contributed by atoms with Crippen molar-refractivity contribution in [2.45, 2.75) is 17.4 Å². The van der Waals surface area contributed by atoms with E-state index in [0.29, 0.717) is 12.2 Å². The smallest absolute Gasteiger partial charge is 0.271 e. The Morgan fingerprint density at radius 2 is 1.81 bits per heavy atom. The standard InChI is InChI=1S/C19H15Cl3N2O6S/c1-29-13-4-2-3-11(7-13)23-31(27,28)14-9-16(21)19(17(22)10-14)30-18-6-5-12(24(25)26)8-15(18)20/h2-6,8-11,23H,7H2,1H3. The third-order valence-electron chi connectivity index (χ3n) is 4.24. The zero-order chi connectivity index (χ0) is 22.8. The van der Waals surface area contributed by atoms with Crippen LogP contribution in [0, 0.1) is 10.1 Å². The van der Waals surface area contributed by atoms with E-state index in [1.807, 2.05) is 0 Å². The van der Waals surface area contributed by atoms with E-state index in [2.05, 4.69) is 4.72 Å². The Morgan fingerprint density at radius 1 is 1.13 bits per heavy atom. The number of methoxy groups -OCH3 is 1. The van der Waals surface area contributed by atoms with Gasteiger partial charge in [-0.2, -0.15) is 0 Å². The minimum atomic E-state index is -3.96. The summed E-state index contributed by atoms with van der Waals surface area (Å²) >= 11 is 18.5. The normalized spacial score (nSPS) is 16.0. The van der Waals surface area contributed by atoms with E-state index in [1.54, 1.807) is 18.2 Å². The van der Waals surface area contributed by atoms with Gasteiger partial charge in [-0.1, -0.05) is 47.0 Å². The maximum Gasteiger partial charge on any atom is 0.271 e. The largest absolute Gasteiger partial charge is 0.501 e. The Balaban J connectivity index is 1.84. The molecular weight excluding hydrogens is 491 g/mol. The average Bonchev–Trinajstić information content (AvgIpc) is 2.71. The molecule has 0 amide bonds. The first-order valence-corrected chi connectivity index (χ1v) is 11.3. The molecule has 0 saturated heterocycles. The molecule has 1 atom stereocenters. The molecule has 0 bridgehead atoms. The van der Waals surface area contributed by atoms with E-state index in [1.165, 1.54) is 31.4 Å². The van der Waals surface area contributed by atoms with Crippen LogP contribution in [-0.4, -0.2) is 26.5 Å². The van der Waals surface area contributed by atoms with Crippen molar-refractivity contribution in [3.05, 3.63) is 79.5 Å². The Morgan fingerprint density at radius 3 is 2.39 bits per heavy atom. The highest BCUT2D eigenvalue weighted by molar-refractivity contribution is 7.89. The van der Waals surface area contributed by atoms with Gasteiger partial charge in [0.05, 0.1) is 37.8 Å². The first-order valence-electron chi connectivity index (χ1n) is 8.65. The monoisotopic (exact) mass is 504 g/mol. The number of allylic oxidation sites excluding steroid dienone is 2. The van der Waals surface area contributed by atoms with Crippen molar-refractivity contribution in [1.82, 2.24) is 4.72 Å². The summed E-state index contributed by atoms with van der Waals surface area (Å²) in [5.74, 6) is 0.659. The summed E-state index contributed by atoms with van der Waals surface area (Å²) in [5, 5.41) is 10.6. The fourth-order valence-corrected chi connectivity index (χ4v) is 4.88. The zero-order valence-corrected chi connectivity index (χ0v) is 18.9. The van der Waals surface area contributed by atoms with Crippen LogP contribution in [0.25, 0.3) is 0 Å². The lowest BCUT2D eigenvalue weighted by Crippen LogP contribution is -2.34. The number of benzene rings is 2. The molecule has 0 radical (unpaired) electrons. The number of nitrogens with one attached hydrogen (secondary N) is 1. The van der Waals surface area contributed by atoms with Crippen molar-refractivity contribution in [2.75, 3.05) is 7.11 Å². The van der Waals surface area contributed by atoms with Crippen molar-refractivity contribution in [3.8, 4) is 11.5 Å². The zero-order valence-electron chi connectivity index (χ0n) is 15.8. The molecule has 2 aromatic carbocycles. The second-order valence-electron chi connectivity index (χ2n) is 6.34. The van der Waals surface area contributed by atoms with Gasteiger partial charge in [0.15, 0.2) is 5.75 Å². The molecule has 0 aromatic heterocycles. The number of ether oxygens (including phenoxy) is 2. The molecule has 0 heterocycles. The molecule has 2 aromatic rings. The van der Waals surface area contributed by atoms with Crippen LogP contribution in [0.4, 0.5) is 5.69 Å². The van der Waals surface area contributed by atoms with Gasteiger partial charge in [0.25, 0.3) is 5.69 Å². The summed E-state index contributed by atoms with van der Waals surface area (Å²) in [7, 11) is -2.45. The van der Waals surface area contributed by atoms with E-state index in [-0.39, 0.29) is 37.1 Å². The average molecular weight is 506 g/mol. The lowest BCUT2D eigenvalue weighted by molar-refractivity contribution is -0.384. The summed E-state index contributed by atoms with van der Waals surface area (Å²) in [6.45, 7) is 0. The number of non-ortho nitro benzene ring substituents is 1. The Labute approximate surface area is 193 Å². The van der Waals surface area contributed by atoms with Crippen LogP contribution in [0.5, 0.6) is 11.5 Å². The third kappa shape index (κ3) is 5.50. The van der Waals surface area contributed by atoms with Gasteiger partial charge < -0.3 is 9.47 Å². The highest BCUT2D eigenvalue weighted by atomic mass is 35.5. The van der Waals surface area contributed by atoms with Crippen LogP contribution < -0.4 is 9.46 Å². The van der Waals surface area contributed by atoms with E-state index in [4.69, 9.17) is 44.3 Å². The fourth-order valence-electron chi connectivity index (χ4n) is 2.73. The molecule has 0 spiro atoms. The predicted molar refractivity (Wildman–Crippen MR) is 118 cm³/mol. The Hall–Kier alpha value is -2.30. The van der Waals surface area contributed by atoms with Gasteiger partial charge in [0, 0.05) is 24.6 Å². The predicted octanol–water partition coefficient (Wildman–Crippen LogP) is 5.48. The van der Waals surface area contributed by atoms with Gasteiger partial charge >= 0.3 is 0 Å². The number of hydrogen-bond acceptors (Lipinski definition) is 6. The molecule has 1 N–H and O–H groups in total. The molecule has 0 fully saturated rings. The van der Waals surface area contributed by atoms with Gasteiger partial charge in [0.1, 0.15) is 5.75 Å². The van der Waals surface area contributed by atoms with E-state index >= 15 is 0 Å². The summed E-state index contributed by atoms with van der Waals surface area (Å²) in [5.41, 5.74) is -0.217. The van der Waals surface area contributed by atoms with Crippen LogP contribution >= 0.6 is 34.8 Å². The van der Waals surface area contributed by atoms with Crippen LogP contribution in [0.2, 0.25) is 15.1 Å². The van der Waals surface area contributed by atoms with Crippen molar-refractivity contribution < 1.29 is 22.8 Å². The van der Waals surface area contributed by atoms with Crippen molar-refractivity contribution in [3.63, 3.8) is 0 Å². The maximum absolute atomic E-state index is 12.8. The van der Waals surface area contributed by atoms with Crippen LogP contribution in [0.3, 0.4) is 0 Å². The van der Waals surface area contributed by atoms with Gasteiger partial charge in [-0.3, -0.25) is 10.1 Å². The molecule has 0 saturated carbocycles. The number of sulfonamides is 1. The lowest BCUT2D eigenvalue weighted by Gasteiger charge is -2.19. The minimum absolute atomic E-state index is 0.0363. The number of halogens is 3. The summed E-state index contributed by atoms with van der Waals surface area (Å²) in [4.78, 5) is 10.1. The first-order chi connectivity index (χ1) is 14.6. The molecule has 1 aliphatic carbocycles. The quantitative estimate of drug-likeness (QED) is 0.394. The van der Waals surface area contributed by atoms with Crippen LogP contribution in [-0.2, 0) is 14.8 Å². The number of nitro benzene ring substituents is 1. The van der Waals surface area contributed by atoms with Gasteiger partial charge in [-0.05, 0) is 24.3 Å². The molecule has 8 nitrogen and oxygen atoms in total. The van der Waals surface area contributed by atoms with E-state index in [0.717, 1.165) is 6.07 Å². The van der Waals surface area contributed by atoms with Crippen LogP contribution in [0.1, 0.15) is 6.42 Å². The highest BCUT2D eigenvalue weighted by Crippen LogP contribution is 2.41. The van der Waals surface area contributed by atoms with Gasteiger partial charge in [-0.25, -0.2) is 13.1 Å². The SMILES string of the molecule is COC1=CC=CC(NS(=O)(=O)c2cc(Cl)c(Oc3ccc([N+](=O)[O-])cc3Cl)c(Cl)c2)C1. The van der Waals surface area contributed by atoms with Gasteiger partial charge in [-0.15, -0.1) is 0 Å². The minimum Gasteiger partial charge on any atom is -0.501 e. The number of hydrogen-bond donors (Lipinski definition) is 1. The molecular formula is C19H15Cl3N2O6S. The third-order valence-corrected chi connectivity index (χ3v) is 6.56. The van der Waals surface area contributed by atoms with E-state index < -0.39 is 21.0 Å². The first kappa shape index (κ1) is 23.4. The number of nitro groups is 1. The fraction of sp³-hybridized carbons (Fsp3) is 0.158. The van der Waals surface area contributed by atoms with Crippen LogP contribution in [0.15, 0.2) is 59.2 Å². The summed E-state index contributed by atoms with van der Waals surface area (Å²) in [6.07, 6.45) is 5.49. The number of nitrogens with zero attached hydrogens (tertiary/aromatic N) is 1. The molecule has 1 aliphatic rings. The Bertz CT molecular complexity index is 1170. The highest BCUT2D eigenvalue weighted by Gasteiger charge is 2.24. The van der Waals surface area contributed by atoms with E-state index in [9.17, 15) is 18.5 Å². The molecule has 12 heteroatoms. The molecule has 164 valence electrons. The van der Waals surface area contributed by atoms with Crippen molar-refractivity contribution in [2.24, 2.45) is 0 Å². The number of rotatable bonds is 7. The molecule has 1 unspecified atom stereocenters. The second kappa shape index (κ2) is 9.46. The molecule has 31 heavy (non-hydrogen) atoms. The molecule has 3 rings (SSSR count).